The molecule has 0 bridgehead atoms. The summed E-state index contributed by atoms with van der Waals surface area (Å²) in [4.78, 5) is 22.9. The predicted octanol–water partition coefficient (Wildman–Crippen LogP) is 1.45. The lowest BCUT2D eigenvalue weighted by Gasteiger charge is -2.03. The van der Waals surface area contributed by atoms with Crippen LogP contribution in [0, 0.1) is 5.82 Å². The fraction of sp³-hybridized carbons (Fsp3) is 0.154. The molecule has 2 aromatic rings. The van der Waals surface area contributed by atoms with Crippen LogP contribution in [0.4, 0.5) is 10.1 Å². The van der Waals surface area contributed by atoms with Crippen molar-refractivity contribution >= 4 is 17.6 Å². The van der Waals surface area contributed by atoms with Crippen molar-refractivity contribution in [3.05, 3.63) is 48.0 Å². The SMILES string of the molecule is COC(=O)Cn1cc(NC(=O)c2ccccc2F)cn1. The van der Waals surface area contributed by atoms with E-state index in [2.05, 4.69) is 15.2 Å². The van der Waals surface area contributed by atoms with Crippen LogP contribution in [-0.4, -0.2) is 28.8 Å². The van der Waals surface area contributed by atoms with Gasteiger partial charge in [-0.25, -0.2) is 4.39 Å². The number of nitrogens with zero attached hydrogens (tertiary/aromatic N) is 2. The topological polar surface area (TPSA) is 73.2 Å². The van der Waals surface area contributed by atoms with Crippen molar-refractivity contribution in [2.24, 2.45) is 0 Å². The molecule has 1 amide bonds. The summed E-state index contributed by atoms with van der Waals surface area (Å²) < 4.78 is 19.2. The zero-order valence-electron chi connectivity index (χ0n) is 10.7. The minimum absolute atomic E-state index is 0.0618. The minimum Gasteiger partial charge on any atom is -0.468 e. The van der Waals surface area contributed by atoms with Gasteiger partial charge < -0.3 is 10.1 Å². The second-order valence-electron chi connectivity index (χ2n) is 3.94. The zero-order valence-corrected chi connectivity index (χ0v) is 10.7. The highest BCUT2D eigenvalue weighted by molar-refractivity contribution is 6.04. The van der Waals surface area contributed by atoms with E-state index in [0.717, 1.165) is 0 Å². The number of ether oxygens (including phenoxy) is 1. The van der Waals surface area contributed by atoms with Crippen molar-refractivity contribution in [3.8, 4) is 0 Å². The Balaban J connectivity index is 2.05. The van der Waals surface area contributed by atoms with Gasteiger partial charge in [-0.1, -0.05) is 12.1 Å². The summed E-state index contributed by atoms with van der Waals surface area (Å²) >= 11 is 0. The highest BCUT2D eigenvalue weighted by Gasteiger charge is 2.12. The van der Waals surface area contributed by atoms with Crippen LogP contribution in [0.5, 0.6) is 0 Å². The van der Waals surface area contributed by atoms with E-state index in [4.69, 9.17) is 0 Å². The normalized spacial score (nSPS) is 10.1. The van der Waals surface area contributed by atoms with Gasteiger partial charge in [-0.15, -0.1) is 0 Å². The minimum atomic E-state index is -0.605. The molecule has 1 N–H and O–H groups in total. The maximum atomic E-state index is 13.4. The summed E-state index contributed by atoms with van der Waals surface area (Å²) in [6.07, 6.45) is 2.82. The summed E-state index contributed by atoms with van der Waals surface area (Å²) in [5.74, 6) is -1.65. The van der Waals surface area contributed by atoms with Crippen LogP contribution >= 0.6 is 0 Å². The summed E-state index contributed by atoms with van der Waals surface area (Å²) in [7, 11) is 1.27. The van der Waals surface area contributed by atoms with Crippen molar-refractivity contribution in [1.82, 2.24) is 9.78 Å². The summed E-state index contributed by atoms with van der Waals surface area (Å²) in [5, 5.41) is 6.38. The lowest BCUT2D eigenvalue weighted by atomic mass is 10.2. The van der Waals surface area contributed by atoms with Gasteiger partial charge in [0.25, 0.3) is 5.91 Å². The van der Waals surface area contributed by atoms with Crippen LogP contribution in [0.25, 0.3) is 0 Å². The van der Waals surface area contributed by atoms with E-state index in [-0.39, 0.29) is 12.1 Å². The van der Waals surface area contributed by atoms with Crippen molar-refractivity contribution in [2.75, 3.05) is 12.4 Å². The number of rotatable bonds is 4. The number of halogens is 1. The van der Waals surface area contributed by atoms with E-state index in [1.165, 1.54) is 42.4 Å². The van der Waals surface area contributed by atoms with Crippen molar-refractivity contribution in [3.63, 3.8) is 0 Å². The van der Waals surface area contributed by atoms with Crippen LogP contribution in [0.15, 0.2) is 36.7 Å². The Morgan fingerprint density at radius 2 is 2.15 bits per heavy atom. The first-order chi connectivity index (χ1) is 9.60. The first kappa shape index (κ1) is 13.7. The molecule has 1 aromatic carbocycles. The summed E-state index contributed by atoms with van der Waals surface area (Å²) in [5.41, 5.74) is 0.301. The van der Waals surface area contributed by atoms with E-state index < -0.39 is 17.7 Å². The largest absolute Gasteiger partial charge is 0.468 e. The molecule has 1 heterocycles. The zero-order chi connectivity index (χ0) is 14.5. The molecule has 2 rings (SSSR count). The lowest BCUT2D eigenvalue weighted by Crippen LogP contribution is -2.13. The molecule has 20 heavy (non-hydrogen) atoms. The first-order valence-electron chi connectivity index (χ1n) is 5.75. The molecule has 7 heteroatoms. The first-order valence-corrected chi connectivity index (χ1v) is 5.75. The second kappa shape index (κ2) is 5.96. The molecule has 104 valence electrons. The van der Waals surface area contributed by atoms with Gasteiger partial charge in [0.15, 0.2) is 0 Å². The highest BCUT2D eigenvalue weighted by Crippen LogP contribution is 2.11. The Morgan fingerprint density at radius 3 is 2.85 bits per heavy atom. The third kappa shape index (κ3) is 3.19. The fourth-order valence-electron chi connectivity index (χ4n) is 1.56. The van der Waals surface area contributed by atoms with E-state index in [1.807, 2.05) is 0 Å². The molecular weight excluding hydrogens is 265 g/mol. The smallest absolute Gasteiger partial charge is 0.327 e. The third-order valence-electron chi connectivity index (χ3n) is 2.53. The van der Waals surface area contributed by atoms with Gasteiger partial charge in [-0.2, -0.15) is 5.10 Å². The lowest BCUT2D eigenvalue weighted by molar-refractivity contribution is -0.141. The van der Waals surface area contributed by atoms with E-state index in [9.17, 15) is 14.0 Å². The number of hydrogen-bond acceptors (Lipinski definition) is 4. The van der Waals surface area contributed by atoms with Gasteiger partial charge in [-0.05, 0) is 12.1 Å². The van der Waals surface area contributed by atoms with E-state index in [1.54, 1.807) is 6.07 Å². The molecule has 1 aromatic heterocycles. The van der Waals surface area contributed by atoms with Crippen LogP contribution < -0.4 is 5.32 Å². The molecule has 0 fully saturated rings. The van der Waals surface area contributed by atoms with Crippen LogP contribution in [0.2, 0.25) is 0 Å². The molecule has 0 spiro atoms. The number of nitrogens with one attached hydrogen (secondary N) is 1. The Labute approximate surface area is 114 Å². The van der Waals surface area contributed by atoms with Crippen molar-refractivity contribution in [2.45, 2.75) is 6.54 Å². The van der Waals surface area contributed by atoms with Gasteiger partial charge in [0.2, 0.25) is 0 Å². The molecule has 0 aliphatic carbocycles. The number of anilines is 1. The van der Waals surface area contributed by atoms with E-state index in [0.29, 0.717) is 5.69 Å². The van der Waals surface area contributed by atoms with Gasteiger partial charge >= 0.3 is 5.97 Å². The van der Waals surface area contributed by atoms with Gasteiger partial charge in [0.05, 0.1) is 24.6 Å². The quantitative estimate of drug-likeness (QED) is 0.858. The molecule has 0 saturated heterocycles. The second-order valence-corrected chi connectivity index (χ2v) is 3.94. The van der Waals surface area contributed by atoms with Gasteiger partial charge in [0, 0.05) is 6.20 Å². The molecule has 0 radical (unpaired) electrons. The summed E-state index contributed by atoms with van der Waals surface area (Å²) in [6, 6.07) is 5.65. The monoisotopic (exact) mass is 277 g/mol. The Hall–Kier alpha value is -2.70. The van der Waals surface area contributed by atoms with Crippen LogP contribution in [0.1, 0.15) is 10.4 Å². The average Bonchev–Trinajstić information content (AvgIpc) is 2.86. The van der Waals surface area contributed by atoms with E-state index >= 15 is 0 Å². The average molecular weight is 277 g/mol. The number of hydrogen-bond donors (Lipinski definition) is 1. The number of carbonyl (C=O) groups excluding carboxylic acids is 2. The fourth-order valence-corrected chi connectivity index (χ4v) is 1.56. The number of amides is 1. The Bertz CT molecular complexity index is 639. The maximum Gasteiger partial charge on any atom is 0.327 e. The molecule has 0 saturated carbocycles. The molecule has 0 aliphatic rings. The number of aromatic nitrogens is 2. The van der Waals surface area contributed by atoms with Crippen molar-refractivity contribution < 1.29 is 18.7 Å². The standard InChI is InChI=1S/C13H12FN3O3/c1-20-12(18)8-17-7-9(6-15-17)16-13(19)10-4-2-3-5-11(10)14/h2-7H,8H2,1H3,(H,16,19). The van der Waals surface area contributed by atoms with Crippen LogP contribution in [0.3, 0.4) is 0 Å². The molecule has 6 nitrogen and oxygen atoms in total. The van der Waals surface area contributed by atoms with Crippen molar-refractivity contribution in [1.29, 1.82) is 0 Å². The molecule has 0 atom stereocenters. The summed E-state index contributed by atoms with van der Waals surface area (Å²) in [6.45, 7) is -0.0634. The Kier molecular flexibility index (Phi) is 4.09. The number of methoxy groups -OCH3 is 1. The highest BCUT2D eigenvalue weighted by atomic mass is 19.1. The molecular formula is C13H12FN3O3. The molecule has 0 aliphatic heterocycles. The molecule has 0 unspecified atom stereocenters. The van der Waals surface area contributed by atoms with Crippen LogP contribution in [-0.2, 0) is 16.1 Å². The Morgan fingerprint density at radius 1 is 1.40 bits per heavy atom. The predicted molar refractivity (Wildman–Crippen MR) is 68.6 cm³/mol. The van der Waals surface area contributed by atoms with Gasteiger partial charge in [0.1, 0.15) is 12.4 Å². The third-order valence-corrected chi connectivity index (χ3v) is 2.53. The van der Waals surface area contributed by atoms with Gasteiger partial charge in [-0.3, -0.25) is 14.3 Å². The maximum absolute atomic E-state index is 13.4. The number of esters is 1. The number of benzene rings is 1. The number of carbonyl (C=O) groups is 2.